The first-order chi connectivity index (χ1) is 9.38. The summed E-state index contributed by atoms with van der Waals surface area (Å²) in [6.07, 6.45) is 0. The second kappa shape index (κ2) is 5.18. The zero-order valence-corrected chi connectivity index (χ0v) is 12.7. The Bertz CT molecular complexity index is 660. The van der Waals surface area contributed by atoms with Crippen molar-refractivity contribution in [3.8, 4) is 17.5 Å². The minimum Gasteiger partial charge on any atom is -0.497 e. The van der Waals surface area contributed by atoms with Gasteiger partial charge in [-0.2, -0.15) is 10.4 Å². The van der Waals surface area contributed by atoms with Crippen LogP contribution in [0.15, 0.2) is 24.3 Å². The molecule has 0 spiro atoms. The van der Waals surface area contributed by atoms with Crippen LogP contribution in [0.4, 0.5) is 0 Å². The first-order valence-corrected chi connectivity index (χ1v) is 6.60. The SMILES string of the molecule is COc1ccc(-n2nc(C(C)(C)C)c(C#N)c2Cl)cc1. The molecular formula is C15H16ClN3O. The van der Waals surface area contributed by atoms with E-state index in [0.29, 0.717) is 16.4 Å². The van der Waals surface area contributed by atoms with E-state index in [0.717, 1.165) is 11.4 Å². The molecule has 1 heterocycles. The summed E-state index contributed by atoms with van der Waals surface area (Å²) < 4.78 is 6.71. The first-order valence-electron chi connectivity index (χ1n) is 6.22. The van der Waals surface area contributed by atoms with Crippen LogP contribution >= 0.6 is 11.6 Å². The summed E-state index contributed by atoms with van der Waals surface area (Å²) in [5, 5.41) is 14.1. The predicted octanol–water partition coefficient (Wildman–Crippen LogP) is 3.70. The van der Waals surface area contributed by atoms with E-state index in [9.17, 15) is 5.26 Å². The van der Waals surface area contributed by atoms with Crippen molar-refractivity contribution in [1.29, 1.82) is 5.26 Å². The third kappa shape index (κ3) is 2.50. The van der Waals surface area contributed by atoms with Crippen LogP contribution in [-0.4, -0.2) is 16.9 Å². The second-order valence-electron chi connectivity index (χ2n) is 5.49. The van der Waals surface area contributed by atoms with Crippen molar-refractivity contribution in [2.24, 2.45) is 0 Å². The lowest BCUT2D eigenvalue weighted by Gasteiger charge is -2.15. The Labute approximate surface area is 123 Å². The average Bonchev–Trinajstić information content (AvgIpc) is 2.76. The van der Waals surface area contributed by atoms with E-state index in [1.165, 1.54) is 0 Å². The van der Waals surface area contributed by atoms with Crippen LogP contribution in [0, 0.1) is 11.3 Å². The van der Waals surface area contributed by atoms with Crippen molar-refractivity contribution in [3.63, 3.8) is 0 Å². The summed E-state index contributed by atoms with van der Waals surface area (Å²) in [4.78, 5) is 0. The van der Waals surface area contributed by atoms with Crippen LogP contribution in [0.25, 0.3) is 5.69 Å². The van der Waals surface area contributed by atoms with Gasteiger partial charge in [0.25, 0.3) is 0 Å². The van der Waals surface area contributed by atoms with Gasteiger partial charge in [-0.15, -0.1) is 0 Å². The molecule has 0 aliphatic rings. The summed E-state index contributed by atoms with van der Waals surface area (Å²) in [6, 6.07) is 9.51. The smallest absolute Gasteiger partial charge is 0.150 e. The molecule has 1 aromatic heterocycles. The maximum atomic E-state index is 9.30. The van der Waals surface area contributed by atoms with Gasteiger partial charge < -0.3 is 4.74 Å². The van der Waals surface area contributed by atoms with Crippen LogP contribution in [0.2, 0.25) is 5.15 Å². The van der Waals surface area contributed by atoms with E-state index in [-0.39, 0.29) is 5.41 Å². The number of rotatable bonds is 2. The van der Waals surface area contributed by atoms with Crippen molar-refractivity contribution in [2.45, 2.75) is 26.2 Å². The Kier molecular flexibility index (Phi) is 3.74. The highest BCUT2D eigenvalue weighted by atomic mass is 35.5. The topological polar surface area (TPSA) is 50.8 Å². The number of aromatic nitrogens is 2. The molecule has 2 aromatic rings. The molecule has 0 aliphatic heterocycles. The molecule has 0 radical (unpaired) electrons. The molecule has 0 N–H and O–H groups in total. The maximum absolute atomic E-state index is 9.30. The summed E-state index contributed by atoms with van der Waals surface area (Å²) >= 11 is 6.29. The number of nitrogens with zero attached hydrogens (tertiary/aromatic N) is 3. The van der Waals surface area contributed by atoms with Crippen LogP contribution in [0.1, 0.15) is 32.0 Å². The van der Waals surface area contributed by atoms with Gasteiger partial charge in [0.05, 0.1) is 18.5 Å². The van der Waals surface area contributed by atoms with Crippen molar-refractivity contribution in [2.75, 3.05) is 7.11 Å². The van der Waals surface area contributed by atoms with Crippen LogP contribution in [-0.2, 0) is 5.41 Å². The number of hydrogen-bond donors (Lipinski definition) is 0. The average molecular weight is 290 g/mol. The lowest BCUT2D eigenvalue weighted by molar-refractivity contribution is 0.414. The highest BCUT2D eigenvalue weighted by molar-refractivity contribution is 6.31. The summed E-state index contributed by atoms with van der Waals surface area (Å²) in [7, 11) is 1.61. The third-order valence-corrected chi connectivity index (χ3v) is 3.32. The minimum atomic E-state index is -0.244. The van der Waals surface area contributed by atoms with Crippen molar-refractivity contribution >= 4 is 11.6 Å². The van der Waals surface area contributed by atoms with Crippen LogP contribution < -0.4 is 4.74 Å². The van der Waals surface area contributed by atoms with Gasteiger partial charge >= 0.3 is 0 Å². The fourth-order valence-corrected chi connectivity index (χ4v) is 2.18. The zero-order chi connectivity index (χ0) is 14.9. The van der Waals surface area contributed by atoms with Crippen LogP contribution in [0.3, 0.4) is 0 Å². The summed E-state index contributed by atoms with van der Waals surface area (Å²) in [6.45, 7) is 6.01. The van der Waals surface area contributed by atoms with E-state index < -0.39 is 0 Å². The number of methoxy groups -OCH3 is 1. The van der Waals surface area contributed by atoms with Crippen molar-refractivity contribution in [1.82, 2.24) is 9.78 Å². The largest absolute Gasteiger partial charge is 0.497 e. The Hall–Kier alpha value is -1.99. The molecule has 1 aromatic carbocycles. The number of hydrogen-bond acceptors (Lipinski definition) is 3. The fraction of sp³-hybridized carbons (Fsp3) is 0.333. The van der Waals surface area contributed by atoms with Gasteiger partial charge in [0, 0.05) is 5.41 Å². The number of halogens is 1. The standard InChI is InChI=1S/C15H16ClN3O/c1-15(2,3)13-12(9-17)14(16)19(18-13)10-5-7-11(20-4)8-6-10/h5-8H,1-4H3. The maximum Gasteiger partial charge on any atom is 0.150 e. The van der Waals surface area contributed by atoms with Gasteiger partial charge in [-0.25, -0.2) is 4.68 Å². The van der Waals surface area contributed by atoms with Gasteiger partial charge in [-0.1, -0.05) is 32.4 Å². The molecule has 0 amide bonds. The Morgan fingerprint density at radius 1 is 1.25 bits per heavy atom. The summed E-state index contributed by atoms with van der Waals surface area (Å²) in [5.41, 5.74) is 1.67. The van der Waals surface area contributed by atoms with E-state index in [2.05, 4.69) is 11.2 Å². The van der Waals surface area contributed by atoms with E-state index in [1.807, 2.05) is 45.0 Å². The molecule has 0 aliphatic carbocycles. The Morgan fingerprint density at radius 2 is 1.85 bits per heavy atom. The van der Waals surface area contributed by atoms with Gasteiger partial charge in [-0.05, 0) is 24.3 Å². The molecule has 0 unspecified atom stereocenters. The molecular weight excluding hydrogens is 274 g/mol. The molecule has 4 nitrogen and oxygen atoms in total. The third-order valence-electron chi connectivity index (χ3n) is 2.97. The minimum absolute atomic E-state index is 0.244. The molecule has 0 saturated carbocycles. The molecule has 0 fully saturated rings. The van der Waals surface area contributed by atoms with Crippen molar-refractivity contribution in [3.05, 3.63) is 40.7 Å². The highest BCUT2D eigenvalue weighted by Crippen LogP contribution is 2.31. The van der Waals surface area contributed by atoms with Gasteiger partial charge in [0.15, 0.2) is 5.15 Å². The fourth-order valence-electron chi connectivity index (χ4n) is 1.92. The second-order valence-corrected chi connectivity index (χ2v) is 5.84. The Balaban J connectivity index is 2.58. The summed E-state index contributed by atoms with van der Waals surface area (Å²) in [5.74, 6) is 0.758. The lowest BCUT2D eigenvalue weighted by atomic mass is 9.90. The molecule has 0 bridgehead atoms. The monoisotopic (exact) mass is 289 g/mol. The zero-order valence-electron chi connectivity index (χ0n) is 11.9. The molecule has 5 heteroatoms. The van der Waals surface area contributed by atoms with E-state index in [4.69, 9.17) is 16.3 Å². The molecule has 0 saturated heterocycles. The van der Waals surface area contributed by atoms with Gasteiger partial charge in [-0.3, -0.25) is 0 Å². The molecule has 2 rings (SSSR count). The lowest BCUT2D eigenvalue weighted by Crippen LogP contribution is -2.14. The van der Waals surface area contributed by atoms with Crippen molar-refractivity contribution < 1.29 is 4.74 Å². The highest BCUT2D eigenvalue weighted by Gasteiger charge is 2.26. The van der Waals surface area contributed by atoms with Crippen LogP contribution in [0.5, 0.6) is 5.75 Å². The number of ether oxygens (including phenoxy) is 1. The van der Waals surface area contributed by atoms with Gasteiger partial charge in [0.1, 0.15) is 17.4 Å². The molecule has 0 atom stereocenters. The Morgan fingerprint density at radius 3 is 2.25 bits per heavy atom. The molecule has 20 heavy (non-hydrogen) atoms. The van der Waals surface area contributed by atoms with Gasteiger partial charge in [0.2, 0.25) is 0 Å². The quantitative estimate of drug-likeness (QED) is 0.847. The molecule has 104 valence electrons. The number of benzene rings is 1. The first kappa shape index (κ1) is 14.4. The number of nitriles is 1. The predicted molar refractivity (Wildman–Crippen MR) is 78.5 cm³/mol. The van der Waals surface area contributed by atoms with E-state index in [1.54, 1.807) is 11.8 Å². The van der Waals surface area contributed by atoms with E-state index >= 15 is 0 Å². The normalized spacial score (nSPS) is 11.2.